The van der Waals surface area contributed by atoms with Crippen LogP contribution in [0.3, 0.4) is 0 Å². The van der Waals surface area contributed by atoms with Gasteiger partial charge in [0.1, 0.15) is 5.82 Å². The van der Waals surface area contributed by atoms with Gasteiger partial charge in [-0.25, -0.2) is 4.39 Å². The average molecular weight is 269 g/mol. The maximum atomic E-state index is 13.2. The fourth-order valence-electron chi connectivity index (χ4n) is 1.86. The Morgan fingerprint density at radius 3 is 2.74 bits per heavy atom. The summed E-state index contributed by atoms with van der Waals surface area (Å²) in [4.78, 5) is 1.92. The van der Waals surface area contributed by atoms with Crippen LogP contribution >= 0.6 is 0 Å². The summed E-state index contributed by atoms with van der Waals surface area (Å²) in [6.45, 7) is 0.937. The molecular weight excluding hydrogens is 249 g/mol. The van der Waals surface area contributed by atoms with Crippen molar-refractivity contribution < 1.29 is 14.7 Å². The number of anilines is 1. The van der Waals surface area contributed by atoms with Crippen LogP contribution < -0.4 is 10.6 Å². The maximum Gasteiger partial charge on any atom is 0.172 e. The third kappa shape index (κ3) is 4.40. The number of amidine groups is 1. The standard InChI is InChI=1S/C13H20FN3O2/c1-17(7-3-2-4-8-18)12-6-5-10(14)9-11(12)13(15)16-19/h5-6,9,18-19H,2-4,7-8H2,1H3,(H2,15,16). The van der Waals surface area contributed by atoms with E-state index in [4.69, 9.17) is 16.0 Å². The molecule has 5 nitrogen and oxygen atoms in total. The number of benzene rings is 1. The molecule has 19 heavy (non-hydrogen) atoms. The molecule has 0 amide bonds. The highest BCUT2D eigenvalue weighted by molar-refractivity contribution is 6.02. The van der Waals surface area contributed by atoms with E-state index in [1.54, 1.807) is 6.07 Å². The summed E-state index contributed by atoms with van der Waals surface area (Å²) in [6, 6.07) is 4.19. The Labute approximate surface area is 112 Å². The topological polar surface area (TPSA) is 82.1 Å². The first-order chi connectivity index (χ1) is 9.10. The van der Waals surface area contributed by atoms with Crippen molar-refractivity contribution in [2.75, 3.05) is 25.1 Å². The number of halogens is 1. The molecule has 106 valence electrons. The molecule has 0 radical (unpaired) electrons. The van der Waals surface area contributed by atoms with Gasteiger partial charge < -0.3 is 20.9 Å². The van der Waals surface area contributed by atoms with Gasteiger partial charge in [-0.2, -0.15) is 0 Å². The van der Waals surface area contributed by atoms with Crippen LogP contribution in [0.5, 0.6) is 0 Å². The van der Waals surface area contributed by atoms with Gasteiger partial charge in [-0.3, -0.25) is 0 Å². The Hall–Kier alpha value is -1.82. The number of oxime groups is 1. The second kappa shape index (κ2) is 7.58. The number of unbranched alkanes of at least 4 members (excludes halogenated alkanes) is 2. The predicted molar refractivity (Wildman–Crippen MR) is 73.1 cm³/mol. The third-order valence-corrected chi connectivity index (χ3v) is 2.91. The molecule has 0 heterocycles. The van der Waals surface area contributed by atoms with Crippen molar-refractivity contribution in [1.82, 2.24) is 0 Å². The molecule has 0 unspecified atom stereocenters. The Bertz CT molecular complexity index is 438. The van der Waals surface area contributed by atoms with Gasteiger partial charge in [0.15, 0.2) is 5.84 Å². The minimum absolute atomic E-state index is 0.114. The van der Waals surface area contributed by atoms with E-state index in [0.29, 0.717) is 11.3 Å². The van der Waals surface area contributed by atoms with Gasteiger partial charge in [0.2, 0.25) is 0 Å². The second-order valence-electron chi connectivity index (χ2n) is 4.35. The van der Waals surface area contributed by atoms with Gasteiger partial charge in [-0.1, -0.05) is 5.16 Å². The van der Waals surface area contributed by atoms with Crippen molar-refractivity contribution >= 4 is 11.5 Å². The van der Waals surface area contributed by atoms with E-state index in [-0.39, 0.29) is 12.4 Å². The van der Waals surface area contributed by atoms with Crippen LogP contribution in [0.2, 0.25) is 0 Å². The lowest BCUT2D eigenvalue weighted by atomic mass is 10.1. The zero-order valence-electron chi connectivity index (χ0n) is 11.0. The van der Waals surface area contributed by atoms with Crippen molar-refractivity contribution in [2.45, 2.75) is 19.3 Å². The number of aliphatic hydroxyl groups is 1. The monoisotopic (exact) mass is 269 g/mol. The predicted octanol–water partition coefficient (Wildman–Crippen LogP) is 1.52. The lowest BCUT2D eigenvalue weighted by Crippen LogP contribution is -2.24. The number of nitrogens with two attached hydrogens (primary N) is 1. The van der Waals surface area contributed by atoms with Crippen molar-refractivity contribution in [3.63, 3.8) is 0 Å². The van der Waals surface area contributed by atoms with Crippen molar-refractivity contribution in [1.29, 1.82) is 0 Å². The second-order valence-corrected chi connectivity index (χ2v) is 4.35. The first-order valence-electron chi connectivity index (χ1n) is 6.19. The maximum absolute atomic E-state index is 13.2. The Kier molecular flexibility index (Phi) is 6.08. The van der Waals surface area contributed by atoms with Crippen molar-refractivity contribution in [3.05, 3.63) is 29.6 Å². The molecule has 0 saturated carbocycles. The van der Waals surface area contributed by atoms with Gasteiger partial charge in [0, 0.05) is 31.5 Å². The number of hydrogen-bond acceptors (Lipinski definition) is 4. The molecule has 0 atom stereocenters. The summed E-state index contributed by atoms with van der Waals surface area (Å²) in [7, 11) is 1.86. The molecule has 6 heteroatoms. The molecule has 0 aliphatic carbocycles. The molecule has 1 aromatic rings. The molecule has 0 aromatic heterocycles. The van der Waals surface area contributed by atoms with E-state index in [2.05, 4.69) is 5.16 Å². The molecular formula is C13H20FN3O2. The van der Waals surface area contributed by atoms with Crippen molar-refractivity contribution in [2.24, 2.45) is 10.9 Å². The molecule has 0 aliphatic rings. The first-order valence-corrected chi connectivity index (χ1v) is 6.19. The highest BCUT2D eigenvalue weighted by atomic mass is 19.1. The normalized spacial score (nSPS) is 11.6. The summed E-state index contributed by atoms with van der Waals surface area (Å²) >= 11 is 0. The van der Waals surface area contributed by atoms with Crippen LogP contribution in [-0.4, -0.2) is 36.3 Å². The minimum atomic E-state index is -0.431. The summed E-state index contributed by atoms with van der Waals surface area (Å²) in [6.07, 6.45) is 2.59. The SMILES string of the molecule is CN(CCCCCO)c1ccc(F)cc1/C(N)=N/O. The molecule has 0 aliphatic heterocycles. The average Bonchev–Trinajstić information content (AvgIpc) is 2.42. The zero-order chi connectivity index (χ0) is 14.3. The molecule has 0 bridgehead atoms. The fraction of sp³-hybridized carbons (Fsp3) is 0.462. The van der Waals surface area contributed by atoms with E-state index in [0.717, 1.165) is 25.8 Å². The number of nitrogens with zero attached hydrogens (tertiary/aromatic N) is 2. The lowest BCUT2D eigenvalue weighted by Gasteiger charge is -2.22. The van der Waals surface area contributed by atoms with Crippen LogP contribution in [0.25, 0.3) is 0 Å². The van der Waals surface area contributed by atoms with E-state index in [9.17, 15) is 4.39 Å². The minimum Gasteiger partial charge on any atom is -0.409 e. The van der Waals surface area contributed by atoms with Gasteiger partial charge in [-0.15, -0.1) is 0 Å². The number of hydrogen-bond donors (Lipinski definition) is 3. The fourth-order valence-corrected chi connectivity index (χ4v) is 1.86. The summed E-state index contributed by atoms with van der Waals surface area (Å²) in [5, 5.41) is 20.4. The molecule has 0 fully saturated rings. The molecule has 1 aromatic carbocycles. The van der Waals surface area contributed by atoms with E-state index in [1.165, 1.54) is 12.1 Å². The number of rotatable bonds is 7. The zero-order valence-corrected chi connectivity index (χ0v) is 11.0. The smallest absolute Gasteiger partial charge is 0.172 e. The van der Waals surface area contributed by atoms with Crippen LogP contribution in [-0.2, 0) is 0 Å². The quantitative estimate of drug-likeness (QED) is 0.230. The molecule has 0 spiro atoms. The summed E-state index contributed by atoms with van der Waals surface area (Å²) in [5.74, 6) is -0.546. The Morgan fingerprint density at radius 2 is 2.11 bits per heavy atom. The van der Waals surface area contributed by atoms with Gasteiger partial charge in [0.25, 0.3) is 0 Å². The lowest BCUT2D eigenvalue weighted by molar-refractivity contribution is 0.283. The van der Waals surface area contributed by atoms with Gasteiger partial charge >= 0.3 is 0 Å². The first kappa shape index (κ1) is 15.2. The van der Waals surface area contributed by atoms with E-state index in [1.807, 2.05) is 11.9 Å². The van der Waals surface area contributed by atoms with E-state index >= 15 is 0 Å². The van der Waals surface area contributed by atoms with Gasteiger partial charge in [-0.05, 0) is 37.5 Å². The Balaban J connectivity index is 2.81. The highest BCUT2D eigenvalue weighted by Crippen LogP contribution is 2.21. The largest absolute Gasteiger partial charge is 0.409 e. The molecule has 4 N–H and O–H groups in total. The number of aliphatic hydroxyl groups excluding tert-OH is 1. The highest BCUT2D eigenvalue weighted by Gasteiger charge is 2.12. The van der Waals surface area contributed by atoms with Crippen LogP contribution in [0, 0.1) is 5.82 Å². The summed E-state index contributed by atoms with van der Waals surface area (Å²) < 4.78 is 13.2. The van der Waals surface area contributed by atoms with Crippen LogP contribution in [0.15, 0.2) is 23.4 Å². The van der Waals surface area contributed by atoms with Gasteiger partial charge in [0.05, 0.1) is 0 Å². The van der Waals surface area contributed by atoms with Crippen LogP contribution in [0.4, 0.5) is 10.1 Å². The van der Waals surface area contributed by atoms with Crippen LogP contribution in [0.1, 0.15) is 24.8 Å². The van der Waals surface area contributed by atoms with E-state index < -0.39 is 5.82 Å². The van der Waals surface area contributed by atoms with Crippen molar-refractivity contribution in [3.8, 4) is 0 Å². The Morgan fingerprint density at radius 1 is 1.37 bits per heavy atom. The molecule has 0 saturated heterocycles. The molecule has 1 rings (SSSR count). The third-order valence-electron chi connectivity index (χ3n) is 2.91. The summed E-state index contributed by atoms with van der Waals surface area (Å²) in [5.41, 5.74) is 6.63.